The maximum Gasteiger partial charge on any atom is 0.328 e. The summed E-state index contributed by atoms with van der Waals surface area (Å²) in [5, 5.41) is 0. The molecule has 0 saturated carbocycles. The molecule has 0 aromatic rings. The third kappa shape index (κ3) is 2.60. The van der Waals surface area contributed by atoms with Crippen molar-refractivity contribution in [2.24, 2.45) is 11.1 Å². The molecular formula is C12H22N2O3. The molecule has 98 valence electrons. The number of ether oxygens (including phenoxy) is 1. The molecule has 1 rings (SSSR count). The van der Waals surface area contributed by atoms with Gasteiger partial charge < -0.3 is 15.4 Å². The van der Waals surface area contributed by atoms with Gasteiger partial charge in [-0.1, -0.05) is 6.92 Å². The van der Waals surface area contributed by atoms with Crippen LogP contribution < -0.4 is 5.73 Å². The molecule has 1 aliphatic heterocycles. The largest absolute Gasteiger partial charge is 0.467 e. The summed E-state index contributed by atoms with van der Waals surface area (Å²) < 4.78 is 4.73. The zero-order chi connectivity index (χ0) is 13.1. The molecular weight excluding hydrogens is 220 g/mol. The minimum Gasteiger partial charge on any atom is -0.467 e. The van der Waals surface area contributed by atoms with E-state index in [4.69, 9.17) is 10.5 Å². The molecule has 0 aromatic heterocycles. The number of hydrogen-bond donors (Lipinski definition) is 1. The number of hydrogen-bond acceptors (Lipinski definition) is 4. The Hall–Kier alpha value is -1.10. The van der Waals surface area contributed by atoms with Crippen molar-refractivity contribution in [1.82, 2.24) is 4.90 Å². The van der Waals surface area contributed by atoms with Crippen LogP contribution in [0.25, 0.3) is 0 Å². The lowest BCUT2D eigenvalue weighted by Crippen LogP contribution is -2.50. The number of nitrogens with two attached hydrogens (primary N) is 1. The standard InChI is InChI=1S/C12H22N2O3/c1-4-12(2,8-13)11(16)14-7-5-6-9(14)10(15)17-3/h9H,4-8,13H2,1-3H3. The zero-order valence-electron chi connectivity index (χ0n) is 10.9. The van der Waals surface area contributed by atoms with Gasteiger partial charge in [0.2, 0.25) is 5.91 Å². The first-order chi connectivity index (χ1) is 8.00. The molecule has 5 heteroatoms. The maximum atomic E-state index is 12.4. The molecule has 1 aliphatic rings. The lowest BCUT2D eigenvalue weighted by Gasteiger charge is -2.33. The fourth-order valence-electron chi connectivity index (χ4n) is 2.12. The Morgan fingerprint density at radius 1 is 1.53 bits per heavy atom. The molecule has 5 nitrogen and oxygen atoms in total. The third-order valence-electron chi connectivity index (χ3n) is 3.73. The fourth-order valence-corrected chi connectivity index (χ4v) is 2.12. The van der Waals surface area contributed by atoms with Crippen molar-refractivity contribution in [3.63, 3.8) is 0 Å². The van der Waals surface area contributed by atoms with Crippen molar-refractivity contribution in [2.45, 2.75) is 39.2 Å². The molecule has 0 bridgehead atoms. The third-order valence-corrected chi connectivity index (χ3v) is 3.73. The van der Waals surface area contributed by atoms with Crippen LogP contribution in [0, 0.1) is 5.41 Å². The highest BCUT2D eigenvalue weighted by molar-refractivity contribution is 5.88. The van der Waals surface area contributed by atoms with Gasteiger partial charge in [-0.15, -0.1) is 0 Å². The average Bonchev–Trinajstić information content (AvgIpc) is 2.84. The van der Waals surface area contributed by atoms with E-state index in [1.807, 2.05) is 13.8 Å². The van der Waals surface area contributed by atoms with Gasteiger partial charge in [0.15, 0.2) is 0 Å². The second-order valence-corrected chi connectivity index (χ2v) is 4.80. The van der Waals surface area contributed by atoms with Crippen molar-refractivity contribution in [1.29, 1.82) is 0 Å². The molecule has 17 heavy (non-hydrogen) atoms. The molecule has 1 saturated heterocycles. The van der Waals surface area contributed by atoms with Gasteiger partial charge in [-0.05, 0) is 26.2 Å². The number of methoxy groups -OCH3 is 1. The quantitative estimate of drug-likeness (QED) is 0.730. The van der Waals surface area contributed by atoms with Gasteiger partial charge in [-0.2, -0.15) is 0 Å². The predicted molar refractivity (Wildman–Crippen MR) is 64.2 cm³/mol. The number of carbonyl (C=O) groups is 2. The van der Waals surface area contributed by atoms with Crippen LogP contribution >= 0.6 is 0 Å². The van der Waals surface area contributed by atoms with Crippen LogP contribution in [-0.2, 0) is 14.3 Å². The van der Waals surface area contributed by atoms with Gasteiger partial charge in [0.1, 0.15) is 6.04 Å². The summed E-state index contributed by atoms with van der Waals surface area (Å²) in [6, 6.07) is -0.426. The fraction of sp³-hybridized carbons (Fsp3) is 0.833. The van der Waals surface area contributed by atoms with Crippen LogP contribution in [0.5, 0.6) is 0 Å². The van der Waals surface area contributed by atoms with Gasteiger partial charge in [-0.25, -0.2) is 4.79 Å². The summed E-state index contributed by atoms with van der Waals surface area (Å²) >= 11 is 0. The van der Waals surface area contributed by atoms with E-state index in [0.29, 0.717) is 25.9 Å². The Bertz CT molecular complexity index is 300. The van der Waals surface area contributed by atoms with Crippen LogP contribution in [0.2, 0.25) is 0 Å². The number of nitrogens with zero attached hydrogens (tertiary/aromatic N) is 1. The second kappa shape index (κ2) is 5.49. The number of amides is 1. The number of carbonyl (C=O) groups excluding carboxylic acids is 2. The predicted octanol–water partition coefficient (Wildman–Crippen LogP) is 0.525. The summed E-state index contributed by atoms with van der Waals surface area (Å²) in [7, 11) is 1.35. The zero-order valence-corrected chi connectivity index (χ0v) is 10.9. The number of likely N-dealkylation sites (tertiary alicyclic amines) is 1. The normalized spacial score (nSPS) is 23.3. The molecule has 0 spiro atoms. The minimum absolute atomic E-state index is 0.0320. The lowest BCUT2D eigenvalue weighted by molar-refractivity contribution is -0.154. The van der Waals surface area contributed by atoms with Gasteiger partial charge in [0.05, 0.1) is 12.5 Å². The number of rotatable bonds is 4. The highest BCUT2D eigenvalue weighted by Gasteiger charge is 2.41. The van der Waals surface area contributed by atoms with Crippen LogP contribution in [0.3, 0.4) is 0 Å². The van der Waals surface area contributed by atoms with Crippen LogP contribution in [0.15, 0.2) is 0 Å². The smallest absolute Gasteiger partial charge is 0.328 e. The SMILES string of the molecule is CCC(C)(CN)C(=O)N1CCCC1C(=O)OC. The minimum atomic E-state index is -0.573. The lowest BCUT2D eigenvalue weighted by atomic mass is 9.86. The highest BCUT2D eigenvalue weighted by atomic mass is 16.5. The van der Waals surface area contributed by atoms with Crippen molar-refractivity contribution in [3.05, 3.63) is 0 Å². The van der Waals surface area contributed by atoms with E-state index in [1.165, 1.54) is 7.11 Å². The molecule has 2 atom stereocenters. The molecule has 1 amide bonds. The highest BCUT2D eigenvalue weighted by Crippen LogP contribution is 2.28. The van der Waals surface area contributed by atoms with E-state index in [9.17, 15) is 9.59 Å². The first-order valence-corrected chi connectivity index (χ1v) is 6.09. The second-order valence-electron chi connectivity index (χ2n) is 4.80. The van der Waals surface area contributed by atoms with Gasteiger partial charge in [0, 0.05) is 13.1 Å². The summed E-state index contributed by atoms with van der Waals surface area (Å²) in [5.41, 5.74) is 5.10. The summed E-state index contributed by atoms with van der Waals surface area (Å²) in [5.74, 6) is -0.360. The Morgan fingerprint density at radius 2 is 2.18 bits per heavy atom. The molecule has 0 aliphatic carbocycles. The van der Waals surface area contributed by atoms with Gasteiger partial charge in [0.25, 0.3) is 0 Å². The summed E-state index contributed by atoms with van der Waals surface area (Å²) in [6.07, 6.45) is 2.20. The van der Waals surface area contributed by atoms with Crippen molar-refractivity contribution >= 4 is 11.9 Å². The Morgan fingerprint density at radius 3 is 2.65 bits per heavy atom. The van der Waals surface area contributed by atoms with Gasteiger partial charge in [-0.3, -0.25) is 4.79 Å². The summed E-state index contributed by atoms with van der Waals surface area (Å²) in [4.78, 5) is 25.6. The monoisotopic (exact) mass is 242 g/mol. The average molecular weight is 242 g/mol. The van der Waals surface area contributed by atoms with Crippen LogP contribution in [0.4, 0.5) is 0 Å². The molecule has 0 radical (unpaired) electrons. The Balaban J connectivity index is 2.84. The molecule has 2 unspecified atom stereocenters. The van der Waals surface area contributed by atoms with E-state index in [0.717, 1.165) is 6.42 Å². The first kappa shape index (κ1) is 14.0. The Kier molecular flexibility index (Phi) is 4.51. The summed E-state index contributed by atoms with van der Waals surface area (Å²) in [6.45, 7) is 4.71. The van der Waals surface area contributed by atoms with E-state index in [-0.39, 0.29) is 11.9 Å². The molecule has 1 heterocycles. The van der Waals surface area contributed by atoms with E-state index >= 15 is 0 Å². The van der Waals surface area contributed by atoms with Crippen molar-refractivity contribution in [3.8, 4) is 0 Å². The molecule has 0 aromatic carbocycles. The van der Waals surface area contributed by atoms with Gasteiger partial charge >= 0.3 is 5.97 Å². The Labute approximate surface area is 102 Å². The van der Waals surface area contributed by atoms with Crippen LogP contribution in [-0.4, -0.2) is 43.0 Å². The van der Waals surface area contributed by atoms with Crippen molar-refractivity contribution < 1.29 is 14.3 Å². The van der Waals surface area contributed by atoms with E-state index in [2.05, 4.69) is 0 Å². The first-order valence-electron chi connectivity index (χ1n) is 6.09. The molecule has 1 fully saturated rings. The maximum absolute atomic E-state index is 12.4. The van der Waals surface area contributed by atoms with Crippen LogP contribution in [0.1, 0.15) is 33.1 Å². The number of esters is 1. The van der Waals surface area contributed by atoms with E-state index < -0.39 is 11.5 Å². The van der Waals surface area contributed by atoms with Crippen molar-refractivity contribution in [2.75, 3.05) is 20.2 Å². The van der Waals surface area contributed by atoms with E-state index in [1.54, 1.807) is 4.90 Å². The molecule has 2 N–H and O–H groups in total. The topological polar surface area (TPSA) is 72.6 Å².